The number of nitrogens with one attached hydrogen (secondary N) is 1. The third-order valence-corrected chi connectivity index (χ3v) is 2.50. The lowest BCUT2D eigenvalue weighted by molar-refractivity contribution is 0.0599. The van der Waals surface area contributed by atoms with E-state index in [4.69, 9.17) is 0 Å². The number of esters is 2. The summed E-state index contributed by atoms with van der Waals surface area (Å²) in [6.45, 7) is 4.76. The Hall–Kier alpha value is -1.88. The Balaban J connectivity index is 0.00000172. The van der Waals surface area contributed by atoms with Crippen LogP contribution in [-0.2, 0) is 15.9 Å². The van der Waals surface area contributed by atoms with Gasteiger partial charge in [-0.05, 0) is 43.8 Å². The number of carbonyl (C=O) groups excluding carboxylic acids is 2. The van der Waals surface area contributed by atoms with Gasteiger partial charge in [0.2, 0.25) is 0 Å². The Morgan fingerprint density at radius 2 is 1.45 bits per heavy atom. The molecular formula is C15H23NO4. The van der Waals surface area contributed by atoms with E-state index < -0.39 is 11.9 Å². The Kier molecular flexibility index (Phi) is 9.04. The largest absolute Gasteiger partial charge is 0.465 e. The number of benzene rings is 1. The van der Waals surface area contributed by atoms with Crippen LogP contribution < -0.4 is 5.32 Å². The first-order valence-electron chi connectivity index (χ1n) is 6.57. The first kappa shape index (κ1) is 18.1. The van der Waals surface area contributed by atoms with Crippen LogP contribution in [-0.4, -0.2) is 39.8 Å². The molecule has 0 aliphatic rings. The molecule has 0 atom stereocenters. The Bertz CT molecular complexity index is 409. The van der Waals surface area contributed by atoms with Crippen molar-refractivity contribution < 1.29 is 19.1 Å². The van der Waals surface area contributed by atoms with Crippen LogP contribution in [0, 0.1) is 0 Å². The summed E-state index contributed by atoms with van der Waals surface area (Å²) < 4.78 is 9.31. The number of ether oxygens (including phenoxy) is 2. The molecule has 0 unspecified atom stereocenters. The quantitative estimate of drug-likeness (QED) is 0.837. The third-order valence-electron chi connectivity index (χ3n) is 2.50. The molecule has 0 spiro atoms. The molecule has 5 nitrogen and oxygen atoms in total. The van der Waals surface area contributed by atoms with Gasteiger partial charge in [-0.2, -0.15) is 0 Å². The molecule has 5 heteroatoms. The van der Waals surface area contributed by atoms with Crippen LogP contribution in [0.25, 0.3) is 0 Å². The molecule has 0 heterocycles. The van der Waals surface area contributed by atoms with Gasteiger partial charge in [0.05, 0.1) is 25.3 Å². The van der Waals surface area contributed by atoms with Crippen molar-refractivity contribution in [1.82, 2.24) is 5.32 Å². The van der Waals surface area contributed by atoms with E-state index in [2.05, 4.69) is 14.8 Å². The van der Waals surface area contributed by atoms with Crippen LogP contribution in [0.5, 0.6) is 0 Å². The molecule has 0 aliphatic heterocycles. The second-order valence-electron chi connectivity index (χ2n) is 3.76. The van der Waals surface area contributed by atoms with Gasteiger partial charge in [0.15, 0.2) is 0 Å². The summed E-state index contributed by atoms with van der Waals surface area (Å²) in [5, 5.41) is 3.01. The van der Waals surface area contributed by atoms with Gasteiger partial charge < -0.3 is 14.8 Å². The highest BCUT2D eigenvalue weighted by molar-refractivity contribution is 5.95. The van der Waals surface area contributed by atoms with Gasteiger partial charge in [-0.1, -0.05) is 13.8 Å². The first-order chi connectivity index (χ1) is 9.62. The first-order valence-corrected chi connectivity index (χ1v) is 6.57. The molecule has 1 aromatic carbocycles. The summed E-state index contributed by atoms with van der Waals surface area (Å²) in [5.74, 6) is -0.932. The monoisotopic (exact) mass is 281 g/mol. The maximum absolute atomic E-state index is 11.5. The van der Waals surface area contributed by atoms with E-state index in [0.29, 0.717) is 17.5 Å². The fourth-order valence-corrected chi connectivity index (χ4v) is 1.58. The maximum atomic E-state index is 11.5. The molecule has 0 aliphatic carbocycles. The number of hydrogen-bond donors (Lipinski definition) is 1. The summed E-state index contributed by atoms with van der Waals surface area (Å²) in [5.41, 5.74) is 1.59. The minimum absolute atomic E-state index is 0.353. The smallest absolute Gasteiger partial charge is 0.337 e. The van der Waals surface area contributed by atoms with E-state index in [9.17, 15) is 9.59 Å². The molecule has 1 rings (SSSR count). The molecule has 0 aromatic heterocycles. The molecule has 112 valence electrons. The van der Waals surface area contributed by atoms with Gasteiger partial charge in [-0.15, -0.1) is 0 Å². The van der Waals surface area contributed by atoms with E-state index in [1.54, 1.807) is 12.1 Å². The van der Waals surface area contributed by atoms with Crippen molar-refractivity contribution in [2.75, 3.05) is 27.8 Å². The van der Waals surface area contributed by atoms with Gasteiger partial charge in [0.1, 0.15) is 0 Å². The predicted octanol–water partition coefficient (Wildman–Crippen LogP) is 2.05. The second-order valence-corrected chi connectivity index (χ2v) is 3.76. The minimum Gasteiger partial charge on any atom is -0.465 e. The van der Waals surface area contributed by atoms with Crippen LogP contribution >= 0.6 is 0 Å². The van der Waals surface area contributed by atoms with Crippen molar-refractivity contribution in [3.63, 3.8) is 0 Å². The van der Waals surface area contributed by atoms with E-state index in [-0.39, 0.29) is 0 Å². The fourth-order valence-electron chi connectivity index (χ4n) is 1.58. The maximum Gasteiger partial charge on any atom is 0.337 e. The molecule has 0 amide bonds. The van der Waals surface area contributed by atoms with Gasteiger partial charge in [0.25, 0.3) is 0 Å². The molecule has 0 bridgehead atoms. The predicted molar refractivity (Wildman–Crippen MR) is 78.1 cm³/mol. The molecule has 0 radical (unpaired) electrons. The average Bonchev–Trinajstić information content (AvgIpc) is 2.52. The highest BCUT2D eigenvalue weighted by Crippen LogP contribution is 2.13. The molecule has 1 aromatic rings. The number of carbonyl (C=O) groups is 2. The second kappa shape index (κ2) is 9.97. The zero-order valence-electron chi connectivity index (χ0n) is 12.8. The van der Waals surface area contributed by atoms with Crippen LogP contribution in [0.3, 0.4) is 0 Å². The third kappa shape index (κ3) is 5.40. The van der Waals surface area contributed by atoms with Crippen molar-refractivity contribution in [3.05, 3.63) is 34.9 Å². The molecule has 0 fully saturated rings. The Labute approximate surface area is 120 Å². The molecule has 1 N–H and O–H groups in total. The molecule has 20 heavy (non-hydrogen) atoms. The van der Waals surface area contributed by atoms with E-state index in [0.717, 1.165) is 12.1 Å². The molecule has 0 saturated carbocycles. The number of methoxy groups -OCH3 is 2. The summed E-state index contributed by atoms with van der Waals surface area (Å²) in [4.78, 5) is 23.0. The summed E-state index contributed by atoms with van der Waals surface area (Å²) in [7, 11) is 4.45. The molecule has 0 saturated heterocycles. The summed E-state index contributed by atoms with van der Waals surface area (Å²) in [6, 6.07) is 4.91. The van der Waals surface area contributed by atoms with E-state index in [1.165, 1.54) is 20.3 Å². The van der Waals surface area contributed by atoms with Crippen LogP contribution in [0.1, 0.15) is 40.1 Å². The minimum atomic E-state index is -0.466. The SMILES string of the molecule is CC.CNCCc1cc(C(=O)OC)cc(C(=O)OC)c1. The number of hydrogen-bond acceptors (Lipinski definition) is 5. The van der Waals surface area contributed by atoms with Crippen molar-refractivity contribution in [2.24, 2.45) is 0 Å². The van der Waals surface area contributed by atoms with Crippen LogP contribution in [0.2, 0.25) is 0 Å². The highest BCUT2D eigenvalue weighted by Gasteiger charge is 2.13. The Morgan fingerprint density at radius 3 is 1.80 bits per heavy atom. The van der Waals surface area contributed by atoms with E-state index >= 15 is 0 Å². The zero-order chi connectivity index (χ0) is 15.5. The van der Waals surface area contributed by atoms with Gasteiger partial charge >= 0.3 is 11.9 Å². The fraction of sp³-hybridized carbons (Fsp3) is 0.467. The lowest BCUT2D eigenvalue weighted by Gasteiger charge is -2.07. The topological polar surface area (TPSA) is 64.6 Å². The van der Waals surface area contributed by atoms with Crippen molar-refractivity contribution in [1.29, 1.82) is 0 Å². The van der Waals surface area contributed by atoms with Crippen molar-refractivity contribution in [3.8, 4) is 0 Å². The lowest BCUT2D eigenvalue weighted by atomic mass is 10.0. The van der Waals surface area contributed by atoms with Crippen molar-refractivity contribution in [2.45, 2.75) is 20.3 Å². The summed E-state index contributed by atoms with van der Waals surface area (Å²) >= 11 is 0. The average molecular weight is 281 g/mol. The Morgan fingerprint density at radius 1 is 1.00 bits per heavy atom. The van der Waals surface area contributed by atoms with Gasteiger partial charge in [0, 0.05) is 0 Å². The zero-order valence-corrected chi connectivity index (χ0v) is 12.8. The normalized spacial score (nSPS) is 9.25. The summed E-state index contributed by atoms with van der Waals surface area (Å²) in [6.07, 6.45) is 0.714. The van der Waals surface area contributed by atoms with E-state index in [1.807, 2.05) is 20.9 Å². The van der Waals surface area contributed by atoms with Gasteiger partial charge in [-0.25, -0.2) is 9.59 Å². The van der Waals surface area contributed by atoms with Crippen molar-refractivity contribution >= 4 is 11.9 Å². The van der Waals surface area contributed by atoms with Crippen LogP contribution in [0.4, 0.5) is 0 Å². The lowest BCUT2D eigenvalue weighted by Crippen LogP contribution is -2.12. The number of rotatable bonds is 5. The highest BCUT2D eigenvalue weighted by atomic mass is 16.5. The number of likely N-dealkylation sites (N-methyl/N-ethyl adjacent to an activating group) is 1. The van der Waals surface area contributed by atoms with Crippen LogP contribution in [0.15, 0.2) is 18.2 Å². The molecular weight excluding hydrogens is 258 g/mol. The standard InChI is InChI=1S/C13H17NO4.C2H6/c1-14-5-4-9-6-10(12(15)17-2)8-11(7-9)13(16)18-3;1-2/h6-8,14H,4-5H2,1-3H3;1-2H3. The van der Waals surface area contributed by atoms with Gasteiger partial charge in [-0.3, -0.25) is 0 Å².